The Morgan fingerprint density at radius 3 is 2.78 bits per heavy atom. The van der Waals surface area contributed by atoms with Crippen molar-refractivity contribution in [3.63, 3.8) is 0 Å². The molecule has 0 rings (SSSR count). The second-order valence-corrected chi connectivity index (χ2v) is 2.62. The van der Waals surface area contributed by atoms with Crippen LogP contribution in [0.1, 0.15) is 26.2 Å². The summed E-state index contributed by atoms with van der Waals surface area (Å²) in [6, 6.07) is 2.10. The molecule has 2 heteroatoms. The van der Waals surface area contributed by atoms with Crippen molar-refractivity contribution in [2.45, 2.75) is 26.2 Å². The molecule has 0 radical (unpaired) electrons. The zero-order valence-electron chi connectivity index (χ0n) is 5.73. The Morgan fingerprint density at radius 2 is 2.33 bits per heavy atom. The highest BCUT2D eigenvalue weighted by Gasteiger charge is 1.97. The Labute approximate surface area is 61.6 Å². The zero-order valence-corrected chi connectivity index (χ0v) is 6.49. The highest BCUT2D eigenvalue weighted by atomic mass is 35.5. The maximum atomic E-state index is 8.17. The van der Waals surface area contributed by atoms with Crippen LogP contribution in [0.25, 0.3) is 0 Å². The summed E-state index contributed by atoms with van der Waals surface area (Å²) in [5.41, 5.74) is 0. The lowest BCUT2D eigenvalue weighted by Gasteiger charge is -2.02. The van der Waals surface area contributed by atoms with Crippen molar-refractivity contribution < 1.29 is 0 Å². The molecule has 0 saturated heterocycles. The minimum atomic E-state index is 0.569. The Hall–Kier alpha value is -0.220. The fraction of sp³-hybridized carbons (Fsp3) is 0.857. The number of hydrogen-bond acceptors (Lipinski definition) is 1. The van der Waals surface area contributed by atoms with Gasteiger partial charge >= 0.3 is 0 Å². The molecule has 9 heavy (non-hydrogen) atoms. The average molecular weight is 146 g/mol. The van der Waals surface area contributed by atoms with E-state index in [1.54, 1.807) is 0 Å². The third-order valence-electron chi connectivity index (χ3n) is 1.25. The van der Waals surface area contributed by atoms with Gasteiger partial charge in [0.15, 0.2) is 0 Å². The minimum absolute atomic E-state index is 0.569. The molecule has 52 valence electrons. The molecular formula is C7H12ClN. The summed E-state index contributed by atoms with van der Waals surface area (Å²) in [6.45, 7) is 2.10. The molecule has 0 aliphatic carbocycles. The summed E-state index contributed by atoms with van der Waals surface area (Å²) >= 11 is 5.55. The fourth-order valence-electron chi connectivity index (χ4n) is 0.607. The van der Waals surface area contributed by atoms with Crippen molar-refractivity contribution in [2.75, 3.05) is 5.88 Å². The monoisotopic (exact) mass is 145 g/mol. The summed E-state index contributed by atoms with van der Waals surface area (Å²) in [7, 11) is 0. The number of nitriles is 1. The lowest BCUT2D eigenvalue weighted by Crippen LogP contribution is -1.94. The summed E-state index contributed by atoms with van der Waals surface area (Å²) in [4.78, 5) is 0. The van der Waals surface area contributed by atoms with E-state index in [-0.39, 0.29) is 0 Å². The molecule has 1 unspecified atom stereocenters. The van der Waals surface area contributed by atoms with Crippen LogP contribution in [0.5, 0.6) is 0 Å². The third kappa shape index (κ3) is 5.65. The van der Waals surface area contributed by atoms with E-state index in [0.29, 0.717) is 18.2 Å². The first-order valence-electron chi connectivity index (χ1n) is 3.24. The predicted molar refractivity (Wildman–Crippen MR) is 39.3 cm³/mol. The van der Waals surface area contributed by atoms with Crippen LogP contribution in [0, 0.1) is 17.2 Å². The number of alkyl halides is 1. The van der Waals surface area contributed by atoms with Crippen molar-refractivity contribution in [1.82, 2.24) is 0 Å². The molecule has 0 heterocycles. The third-order valence-corrected chi connectivity index (χ3v) is 1.78. The molecule has 0 aliphatic heterocycles. The van der Waals surface area contributed by atoms with Gasteiger partial charge in [0.2, 0.25) is 0 Å². The van der Waals surface area contributed by atoms with Gasteiger partial charge in [0.25, 0.3) is 0 Å². The van der Waals surface area contributed by atoms with E-state index in [9.17, 15) is 0 Å². The van der Waals surface area contributed by atoms with E-state index in [0.717, 1.165) is 12.8 Å². The summed E-state index contributed by atoms with van der Waals surface area (Å²) in [5, 5.41) is 8.17. The van der Waals surface area contributed by atoms with Crippen LogP contribution in [0.2, 0.25) is 0 Å². The van der Waals surface area contributed by atoms with Gasteiger partial charge < -0.3 is 0 Å². The predicted octanol–water partition coefficient (Wildman–Crippen LogP) is 2.56. The minimum Gasteiger partial charge on any atom is -0.198 e. The van der Waals surface area contributed by atoms with E-state index in [2.05, 4.69) is 13.0 Å². The van der Waals surface area contributed by atoms with Gasteiger partial charge in [-0.15, -0.1) is 11.6 Å². The van der Waals surface area contributed by atoms with Crippen molar-refractivity contribution in [1.29, 1.82) is 5.26 Å². The highest BCUT2D eigenvalue weighted by molar-refractivity contribution is 6.18. The molecule has 0 aromatic carbocycles. The molecule has 0 fully saturated rings. The molecule has 0 bridgehead atoms. The second kappa shape index (κ2) is 5.91. The van der Waals surface area contributed by atoms with Crippen molar-refractivity contribution >= 4 is 11.6 Å². The van der Waals surface area contributed by atoms with Gasteiger partial charge in [-0.25, -0.2) is 0 Å². The quantitative estimate of drug-likeness (QED) is 0.441. The first-order valence-corrected chi connectivity index (χ1v) is 3.77. The van der Waals surface area contributed by atoms with E-state index in [1.807, 2.05) is 0 Å². The van der Waals surface area contributed by atoms with Gasteiger partial charge in [0, 0.05) is 12.3 Å². The molecule has 0 amide bonds. The number of unbranched alkanes of at least 4 members (excludes halogenated alkanes) is 1. The van der Waals surface area contributed by atoms with Gasteiger partial charge in [-0.05, 0) is 18.8 Å². The van der Waals surface area contributed by atoms with Crippen LogP contribution in [-0.4, -0.2) is 5.88 Å². The smallest absolute Gasteiger partial charge is 0.0621 e. The Kier molecular flexibility index (Phi) is 5.76. The van der Waals surface area contributed by atoms with Gasteiger partial charge in [-0.2, -0.15) is 5.26 Å². The Morgan fingerprint density at radius 1 is 1.67 bits per heavy atom. The summed E-state index contributed by atoms with van der Waals surface area (Å²) in [5.74, 6) is 1.28. The highest BCUT2D eigenvalue weighted by Crippen LogP contribution is 2.08. The molecule has 0 aromatic rings. The van der Waals surface area contributed by atoms with Crippen molar-refractivity contribution in [3.05, 3.63) is 0 Å². The largest absolute Gasteiger partial charge is 0.198 e. The van der Waals surface area contributed by atoms with Crippen molar-refractivity contribution in [2.24, 2.45) is 5.92 Å². The first-order chi connectivity index (χ1) is 4.31. The van der Waals surface area contributed by atoms with Gasteiger partial charge in [-0.1, -0.05) is 6.92 Å². The van der Waals surface area contributed by atoms with Crippen LogP contribution in [0.4, 0.5) is 0 Å². The molecule has 1 nitrogen and oxygen atoms in total. The second-order valence-electron chi connectivity index (χ2n) is 2.31. The molecular weight excluding hydrogens is 134 g/mol. The van der Waals surface area contributed by atoms with E-state index in [4.69, 9.17) is 16.9 Å². The zero-order chi connectivity index (χ0) is 7.11. The van der Waals surface area contributed by atoms with Crippen molar-refractivity contribution in [3.8, 4) is 6.07 Å². The van der Waals surface area contributed by atoms with Gasteiger partial charge in [0.05, 0.1) is 6.07 Å². The Bertz CT molecular complexity index is 95.6. The SMILES string of the molecule is CC(CCl)CCCC#N. The van der Waals surface area contributed by atoms with Crippen LogP contribution < -0.4 is 0 Å². The number of halogens is 1. The molecule has 0 N–H and O–H groups in total. The summed E-state index contributed by atoms with van der Waals surface area (Å²) < 4.78 is 0. The van der Waals surface area contributed by atoms with Crippen LogP contribution >= 0.6 is 11.6 Å². The molecule has 0 aromatic heterocycles. The standard InChI is InChI=1S/C7H12ClN/c1-7(6-8)4-2-3-5-9/h7H,2-4,6H2,1H3. The van der Waals surface area contributed by atoms with Crippen LogP contribution in [0.3, 0.4) is 0 Å². The normalized spacial score (nSPS) is 12.6. The fourth-order valence-corrected chi connectivity index (χ4v) is 0.761. The lowest BCUT2D eigenvalue weighted by molar-refractivity contribution is 0.567. The Balaban J connectivity index is 2.99. The summed E-state index contributed by atoms with van der Waals surface area (Å²) in [6.07, 6.45) is 2.74. The van der Waals surface area contributed by atoms with Crippen LogP contribution in [0.15, 0.2) is 0 Å². The number of rotatable bonds is 4. The number of hydrogen-bond donors (Lipinski definition) is 0. The first kappa shape index (κ1) is 8.78. The molecule has 0 saturated carbocycles. The lowest BCUT2D eigenvalue weighted by atomic mass is 10.1. The van der Waals surface area contributed by atoms with E-state index in [1.165, 1.54) is 0 Å². The van der Waals surface area contributed by atoms with E-state index >= 15 is 0 Å². The molecule has 0 spiro atoms. The maximum Gasteiger partial charge on any atom is 0.0621 e. The topological polar surface area (TPSA) is 23.8 Å². The van der Waals surface area contributed by atoms with Crippen LogP contribution in [-0.2, 0) is 0 Å². The molecule has 0 aliphatic rings. The maximum absolute atomic E-state index is 8.17. The van der Waals surface area contributed by atoms with Gasteiger partial charge in [-0.3, -0.25) is 0 Å². The average Bonchev–Trinajstić information content (AvgIpc) is 1.89. The number of nitrogens with zero attached hydrogens (tertiary/aromatic N) is 1. The van der Waals surface area contributed by atoms with E-state index < -0.39 is 0 Å². The van der Waals surface area contributed by atoms with Gasteiger partial charge in [0.1, 0.15) is 0 Å². The molecule has 1 atom stereocenters.